The zero-order chi connectivity index (χ0) is 14.2. The van der Waals surface area contributed by atoms with Crippen molar-refractivity contribution in [2.24, 2.45) is 5.73 Å². The van der Waals surface area contributed by atoms with Gasteiger partial charge in [-0.1, -0.05) is 36.8 Å². The van der Waals surface area contributed by atoms with Crippen LogP contribution in [-0.4, -0.2) is 28.1 Å². The quantitative estimate of drug-likeness (QED) is 0.799. The highest BCUT2D eigenvalue weighted by Crippen LogP contribution is 2.14. The Morgan fingerprint density at radius 1 is 1.20 bits per heavy atom. The monoisotopic (exact) mass is 273 g/mol. The summed E-state index contributed by atoms with van der Waals surface area (Å²) in [6.45, 7) is 5.48. The number of unbranched alkanes of at least 4 members (excludes halogenated alkanes) is 1. The van der Waals surface area contributed by atoms with Gasteiger partial charge in [0, 0.05) is 31.5 Å². The van der Waals surface area contributed by atoms with E-state index in [1.165, 1.54) is 18.5 Å². The highest BCUT2D eigenvalue weighted by Gasteiger charge is 2.06. The first kappa shape index (κ1) is 14.5. The molecule has 108 valence electrons. The van der Waals surface area contributed by atoms with Crippen molar-refractivity contribution in [2.45, 2.75) is 32.9 Å². The number of hydrogen-bond donors (Lipinski definition) is 1. The predicted octanol–water partition coefficient (Wildman–Crippen LogP) is 2.04. The summed E-state index contributed by atoms with van der Waals surface area (Å²) in [6, 6.07) is 10.5. The van der Waals surface area contributed by atoms with Crippen molar-refractivity contribution < 1.29 is 0 Å². The number of nitrogens with zero attached hydrogens (tertiary/aromatic N) is 4. The van der Waals surface area contributed by atoms with E-state index in [4.69, 9.17) is 5.73 Å². The fraction of sp³-hybridized carbons (Fsp3) is 0.467. The molecule has 0 bridgehead atoms. The van der Waals surface area contributed by atoms with Crippen LogP contribution in [0, 0.1) is 0 Å². The van der Waals surface area contributed by atoms with Crippen LogP contribution >= 0.6 is 0 Å². The van der Waals surface area contributed by atoms with E-state index >= 15 is 0 Å². The van der Waals surface area contributed by atoms with Gasteiger partial charge >= 0.3 is 0 Å². The molecular weight excluding hydrogens is 250 g/mol. The van der Waals surface area contributed by atoms with Gasteiger partial charge in [-0.2, -0.15) is 0 Å². The molecule has 0 aliphatic heterocycles. The van der Waals surface area contributed by atoms with E-state index in [-0.39, 0.29) is 0 Å². The SMILES string of the molecule is CCCCN(CCn1cc(CN)nn1)c1ccccc1. The maximum absolute atomic E-state index is 5.55. The lowest BCUT2D eigenvalue weighted by Gasteiger charge is -2.24. The first-order chi connectivity index (χ1) is 9.83. The van der Waals surface area contributed by atoms with Crippen molar-refractivity contribution in [3.63, 3.8) is 0 Å². The smallest absolute Gasteiger partial charge is 0.0962 e. The molecule has 0 fully saturated rings. The number of nitrogens with two attached hydrogens (primary N) is 1. The number of para-hydroxylation sites is 1. The van der Waals surface area contributed by atoms with E-state index in [9.17, 15) is 0 Å². The minimum atomic E-state index is 0.443. The largest absolute Gasteiger partial charge is 0.370 e. The minimum absolute atomic E-state index is 0.443. The number of hydrogen-bond acceptors (Lipinski definition) is 4. The van der Waals surface area contributed by atoms with E-state index in [0.717, 1.165) is 25.3 Å². The first-order valence-corrected chi connectivity index (χ1v) is 7.22. The van der Waals surface area contributed by atoms with Crippen molar-refractivity contribution in [3.8, 4) is 0 Å². The lowest BCUT2D eigenvalue weighted by molar-refractivity contribution is 0.569. The van der Waals surface area contributed by atoms with Crippen LogP contribution in [0.4, 0.5) is 5.69 Å². The van der Waals surface area contributed by atoms with E-state index in [0.29, 0.717) is 6.54 Å². The summed E-state index contributed by atoms with van der Waals surface area (Å²) in [5, 5.41) is 8.11. The number of rotatable bonds is 8. The van der Waals surface area contributed by atoms with Crippen LogP contribution in [0.3, 0.4) is 0 Å². The Hall–Kier alpha value is -1.88. The Bertz CT molecular complexity index is 494. The third kappa shape index (κ3) is 4.06. The maximum atomic E-state index is 5.55. The molecule has 0 unspecified atom stereocenters. The van der Waals surface area contributed by atoms with Gasteiger partial charge in [-0.3, -0.25) is 4.68 Å². The van der Waals surface area contributed by atoms with Crippen LogP contribution in [0.15, 0.2) is 36.5 Å². The summed E-state index contributed by atoms with van der Waals surface area (Å²) in [7, 11) is 0. The second-order valence-corrected chi connectivity index (χ2v) is 4.85. The number of aromatic nitrogens is 3. The number of benzene rings is 1. The molecule has 2 rings (SSSR count). The lowest BCUT2D eigenvalue weighted by Crippen LogP contribution is -2.28. The standard InChI is InChI=1S/C15H23N5/c1-2-3-9-19(15-7-5-4-6-8-15)10-11-20-13-14(12-16)17-18-20/h4-8,13H,2-3,9-12,16H2,1H3. The van der Waals surface area contributed by atoms with Crippen LogP contribution in [-0.2, 0) is 13.1 Å². The number of anilines is 1. The molecule has 0 aliphatic carbocycles. The van der Waals surface area contributed by atoms with Gasteiger partial charge in [0.25, 0.3) is 0 Å². The molecule has 5 heteroatoms. The van der Waals surface area contributed by atoms with E-state index < -0.39 is 0 Å². The zero-order valence-electron chi connectivity index (χ0n) is 12.1. The molecule has 0 saturated carbocycles. The average molecular weight is 273 g/mol. The van der Waals surface area contributed by atoms with Crippen molar-refractivity contribution >= 4 is 5.69 Å². The molecule has 0 spiro atoms. The summed E-state index contributed by atoms with van der Waals surface area (Å²) in [4.78, 5) is 2.40. The highest BCUT2D eigenvalue weighted by molar-refractivity contribution is 5.45. The second kappa shape index (κ2) is 7.65. The molecule has 0 radical (unpaired) electrons. The van der Waals surface area contributed by atoms with Crippen molar-refractivity contribution in [1.29, 1.82) is 0 Å². The Labute approximate surface area is 120 Å². The first-order valence-electron chi connectivity index (χ1n) is 7.22. The third-order valence-corrected chi connectivity index (χ3v) is 3.30. The van der Waals surface area contributed by atoms with Gasteiger partial charge < -0.3 is 10.6 Å². The lowest BCUT2D eigenvalue weighted by atomic mass is 10.2. The van der Waals surface area contributed by atoms with Crippen molar-refractivity contribution in [3.05, 3.63) is 42.2 Å². The zero-order valence-corrected chi connectivity index (χ0v) is 12.1. The molecule has 0 aliphatic rings. The third-order valence-electron chi connectivity index (χ3n) is 3.30. The van der Waals surface area contributed by atoms with Gasteiger partial charge in [0.15, 0.2) is 0 Å². The summed E-state index contributed by atoms with van der Waals surface area (Å²) in [6.07, 6.45) is 4.31. The normalized spacial score (nSPS) is 10.7. The molecule has 1 aromatic heterocycles. The van der Waals surface area contributed by atoms with Crippen molar-refractivity contribution in [2.75, 3.05) is 18.0 Å². The Morgan fingerprint density at radius 2 is 2.00 bits per heavy atom. The topological polar surface area (TPSA) is 60.0 Å². The van der Waals surface area contributed by atoms with Gasteiger partial charge in [-0.05, 0) is 18.6 Å². The second-order valence-electron chi connectivity index (χ2n) is 4.85. The summed E-state index contributed by atoms with van der Waals surface area (Å²) >= 11 is 0. The van der Waals surface area contributed by atoms with Crippen molar-refractivity contribution in [1.82, 2.24) is 15.0 Å². The van der Waals surface area contributed by atoms with Gasteiger partial charge in [-0.25, -0.2) is 0 Å². The van der Waals surface area contributed by atoms with Crippen LogP contribution in [0.1, 0.15) is 25.5 Å². The molecule has 0 amide bonds. The fourth-order valence-electron chi connectivity index (χ4n) is 2.12. The minimum Gasteiger partial charge on any atom is -0.370 e. The Morgan fingerprint density at radius 3 is 2.65 bits per heavy atom. The fourth-order valence-corrected chi connectivity index (χ4v) is 2.12. The van der Waals surface area contributed by atoms with E-state index in [2.05, 4.69) is 46.4 Å². The molecule has 5 nitrogen and oxygen atoms in total. The maximum Gasteiger partial charge on any atom is 0.0962 e. The van der Waals surface area contributed by atoms with Gasteiger partial charge in [0.1, 0.15) is 0 Å². The summed E-state index contributed by atoms with van der Waals surface area (Å²) in [5.41, 5.74) is 7.65. The molecule has 20 heavy (non-hydrogen) atoms. The summed E-state index contributed by atoms with van der Waals surface area (Å²) < 4.78 is 1.87. The van der Waals surface area contributed by atoms with Crippen LogP contribution < -0.4 is 10.6 Å². The van der Waals surface area contributed by atoms with Gasteiger partial charge in [-0.15, -0.1) is 5.10 Å². The molecule has 0 atom stereocenters. The van der Waals surface area contributed by atoms with E-state index in [1.54, 1.807) is 0 Å². The Kier molecular flexibility index (Phi) is 5.55. The van der Waals surface area contributed by atoms with Crippen LogP contribution in [0.5, 0.6) is 0 Å². The Balaban J connectivity index is 1.97. The highest BCUT2D eigenvalue weighted by atomic mass is 15.4. The molecule has 1 heterocycles. The van der Waals surface area contributed by atoms with E-state index in [1.807, 2.05) is 16.9 Å². The summed E-state index contributed by atoms with van der Waals surface area (Å²) in [5.74, 6) is 0. The van der Waals surface area contributed by atoms with Gasteiger partial charge in [0.05, 0.1) is 12.2 Å². The predicted molar refractivity (Wildman–Crippen MR) is 81.5 cm³/mol. The van der Waals surface area contributed by atoms with Crippen LogP contribution in [0.2, 0.25) is 0 Å². The molecule has 2 N–H and O–H groups in total. The molecular formula is C15H23N5. The molecule has 1 aromatic carbocycles. The van der Waals surface area contributed by atoms with Crippen LogP contribution in [0.25, 0.3) is 0 Å². The molecule has 0 saturated heterocycles. The molecule has 2 aromatic rings. The van der Waals surface area contributed by atoms with Gasteiger partial charge in [0.2, 0.25) is 0 Å². The average Bonchev–Trinajstić information content (AvgIpc) is 2.96.